The van der Waals surface area contributed by atoms with E-state index in [0.29, 0.717) is 0 Å². The fourth-order valence-corrected chi connectivity index (χ4v) is 14.4. The second kappa shape index (κ2) is 13.4. The first-order chi connectivity index (χ1) is 31.3. The third-order valence-corrected chi connectivity index (χ3v) is 19.1. The van der Waals surface area contributed by atoms with Crippen LogP contribution < -0.4 is 20.6 Å². The van der Waals surface area contributed by atoms with Gasteiger partial charge in [-0.3, -0.25) is 0 Å². The van der Waals surface area contributed by atoms with E-state index in [1.54, 1.807) is 0 Å². The van der Waals surface area contributed by atoms with Crippen LogP contribution in [0.2, 0.25) is 0 Å². The highest BCUT2D eigenvalue weighted by Crippen LogP contribution is 2.60. The normalized spacial score (nSPS) is 21.7. The Morgan fingerprint density at radius 1 is 0.403 bits per heavy atom. The van der Waals surface area contributed by atoms with Gasteiger partial charge in [0.1, 0.15) is 0 Å². The highest BCUT2D eigenvalue weighted by molar-refractivity contribution is 6.93. The predicted octanol–water partition coefficient (Wildman–Crippen LogP) is 16.1. The van der Waals surface area contributed by atoms with Crippen molar-refractivity contribution in [3.63, 3.8) is 0 Å². The number of hydrogen-bond acceptors (Lipinski definition) is 2. The minimum Gasteiger partial charge on any atom is -0.376 e. The van der Waals surface area contributed by atoms with Crippen molar-refractivity contribution in [2.24, 2.45) is 0 Å². The highest BCUT2D eigenvalue weighted by atomic mass is 15.2. The second-order valence-electron chi connectivity index (χ2n) is 26.6. The van der Waals surface area contributed by atoms with Crippen molar-refractivity contribution in [1.29, 1.82) is 0 Å². The van der Waals surface area contributed by atoms with E-state index in [9.17, 15) is 0 Å². The van der Waals surface area contributed by atoms with Crippen LogP contribution in [0.5, 0.6) is 0 Å². The van der Waals surface area contributed by atoms with Crippen LogP contribution in [-0.4, -0.2) is 6.85 Å². The molecule has 342 valence electrons. The number of nitrogens with zero attached hydrogens (tertiary/aromatic N) is 2. The van der Waals surface area contributed by atoms with Crippen molar-refractivity contribution >= 4 is 46.2 Å². The van der Waals surface area contributed by atoms with Gasteiger partial charge in [0.25, 0.3) is 0 Å². The molecule has 67 heavy (non-hydrogen) atoms. The Labute approximate surface area is 403 Å². The van der Waals surface area contributed by atoms with E-state index in [0.717, 1.165) is 0 Å². The van der Waals surface area contributed by atoms with E-state index < -0.39 is 0 Å². The van der Waals surface area contributed by atoms with E-state index >= 15 is 0 Å². The second-order valence-corrected chi connectivity index (χ2v) is 26.6. The molecule has 2 nitrogen and oxygen atoms in total. The van der Waals surface area contributed by atoms with Gasteiger partial charge in [-0.2, -0.15) is 0 Å². The third-order valence-electron chi connectivity index (χ3n) is 19.1. The summed E-state index contributed by atoms with van der Waals surface area (Å²) in [7, 11) is 0. The van der Waals surface area contributed by atoms with Gasteiger partial charge < -0.3 is 9.71 Å². The molecule has 0 saturated carbocycles. The number of rotatable bonds is 2. The molecule has 0 N–H and O–H groups in total. The number of hydrogen-bond donors (Lipinski definition) is 0. The highest BCUT2D eigenvalue weighted by Gasteiger charge is 2.51. The fraction of sp³-hybridized carbons (Fsp3) is 0.438. The third kappa shape index (κ3) is 5.88. The minimum atomic E-state index is -0.128. The van der Waals surface area contributed by atoms with Crippen LogP contribution in [-0.2, 0) is 37.9 Å². The number of benzene rings is 6. The molecule has 12 rings (SSSR count). The van der Waals surface area contributed by atoms with E-state index in [2.05, 4.69) is 211 Å². The summed E-state index contributed by atoms with van der Waals surface area (Å²) in [6.07, 6.45) is 7.15. The van der Waals surface area contributed by atoms with Gasteiger partial charge in [-0.15, -0.1) is 0 Å². The zero-order valence-electron chi connectivity index (χ0n) is 43.5. The van der Waals surface area contributed by atoms with E-state index in [1.807, 2.05) is 0 Å². The largest absolute Gasteiger partial charge is 0.376 e. The molecule has 0 fully saturated rings. The quantitative estimate of drug-likeness (QED) is 0.160. The molecule has 0 amide bonds. The minimum absolute atomic E-state index is 0.0472. The fourth-order valence-electron chi connectivity index (χ4n) is 14.4. The Morgan fingerprint density at radius 3 is 1.49 bits per heavy atom. The van der Waals surface area contributed by atoms with Crippen LogP contribution in [0.3, 0.4) is 0 Å². The molecule has 2 aliphatic heterocycles. The summed E-state index contributed by atoms with van der Waals surface area (Å²) in [5, 5.41) is 0. The van der Waals surface area contributed by atoms with Gasteiger partial charge in [-0.05, 0) is 186 Å². The summed E-state index contributed by atoms with van der Waals surface area (Å²) < 4.78 is 0. The lowest BCUT2D eigenvalue weighted by molar-refractivity contribution is 0.332. The van der Waals surface area contributed by atoms with Crippen molar-refractivity contribution in [2.75, 3.05) is 9.71 Å². The average molecular weight is 881 g/mol. The van der Waals surface area contributed by atoms with Crippen molar-refractivity contribution in [3.8, 4) is 22.3 Å². The van der Waals surface area contributed by atoms with Crippen LogP contribution in [0.15, 0.2) is 97.1 Å². The van der Waals surface area contributed by atoms with Crippen molar-refractivity contribution < 1.29 is 0 Å². The summed E-state index contributed by atoms with van der Waals surface area (Å²) >= 11 is 0. The summed E-state index contributed by atoms with van der Waals surface area (Å²) in [6.45, 7) is 37.0. The Balaban J connectivity index is 1.24. The molecule has 4 aliphatic carbocycles. The molecule has 0 saturated heterocycles. The first-order valence-corrected chi connectivity index (χ1v) is 25.8. The van der Waals surface area contributed by atoms with E-state index in [1.165, 1.54) is 150 Å². The maximum absolute atomic E-state index is 2.87. The summed E-state index contributed by atoms with van der Waals surface area (Å²) in [6, 6.07) is 40.1. The van der Waals surface area contributed by atoms with E-state index in [-0.39, 0.29) is 44.8 Å². The van der Waals surface area contributed by atoms with Crippen LogP contribution in [0.4, 0.5) is 28.4 Å². The van der Waals surface area contributed by atoms with E-state index in [4.69, 9.17) is 0 Å². The molecule has 0 spiro atoms. The van der Waals surface area contributed by atoms with Gasteiger partial charge in [0.2, 0.25) is 0 Å². The molecule has 0 aromatic heterocycles. The number of fused-ring (bicyclic) bond motifs is 11. The molecule has 0 unspecified atom stereocenters. The molecule has 0 radical (unpaired) electrons. The van der Waals surface area contributed by atoms with Crippen molar-refractivity contribution in [3.05, 3.63) is 147 Å². The lowest BCUT2D eigenvalue weighted by Gasteiger charge is -2.49. The van der Waals surface area contributed by atoms with Crippen LogP contribution in [0.1, 0.15) is 186 Å². The molecular formula is C64H73BN2. The number of anilines is 5. The topological polar surface area (TPSA) is 6.48 Å². The van der Waals surface area contributed by atoms with Crippen LogP contribution >= 0.6 is 0 Å². The molecule has 6 aliphatic rings. The Hall–Kier alpha value is -5.02. The molecule has 0 bridgehead atoms. The van der Waals surface area contributed by atoms with Gasteiger partial charge in [0.05, 0.1) is 0 Å². The molecular weight excluding hydrogens is 808 g/mol. The average Bonchev–Trinajstić information content (AvgIpc) is 3.51. The monoisotopic (exact) mass is 881 g/mol. The zero-order valence-corrected chi connectivity index (χ0v) is 43.5. The van der Waals surface area contributed by atoms with Gasteiger partial charge >= 0.3 is 6.85 Å². The van der Waals surface area contributed by atoms with Gasteiger partial charge in [-0.1, -0.05) is 158 Å². The summed E-state index contributed by atoms with van der Waals surface area (Å²) in [5.41, 5.74) is 28.6. The Kier molecular flexibility index (Phi) is 8.65. The molecule has 0 atom stereocenters. The molecule has 6 aromatic rings. The van der Waals surface area contributed by atoms with Gasteiger partial charge in [0, 0.05) is 45.0 Å². The first-order valence-electron chi connectivity index (χ1n) is 25.8. The van der Waals surface area contributed by atoms with Crippen LogP contribution in [0.25, 0.3) is 22.3 Å². The summed E-state index contributed by atoms with van der Waals surface area (Å²) in [5.74, 6) is 0. The number of aryl methyl sites for hydroxylation is 1. The zero-order chi connectivity index (χ0) is 47.3. The summed E-state index contributed by atoms with van der Waals surface area (Å²) in [4.78, 5) is 5.59. The smallest absolute Gasteiger partial charge is 0.333 e. The van der Waals surface area contributed by atoms with Crippen molar-refractivity contribution in [2.45, 2.75) is 180 Å². The molecule has 2 heterocycles. The SMILES string of the molecule is Cc1cc2c3c(c1)N(c1ccc4c(c1)C(C)(C)CCC4(C)C)c1cc4c(cc1B3N(c1ccc3c(c1)C(C)(C)CCC3(C)C)c1c-2ccc2c1-c1ccccc1C2(C)C)C(C)(C)CCC4(C)C. The maximum Gasteiger partial charge on any atom is 0.333 e. The molecule has 6 aromatic carbocycles. The lowest BCUT2D eigenvalue weighted by atomic mass is 9.42. The standard InChI is InChI=1S/C64H73BN2/c1-38-32-43-41-22-25-47-55(42-18-16-17-19-44(42)64(47,14)15)57(41)67(40-21-24-46-49(35-40)61(8,9)29-27-59(46,4)5)65-52-36-50-51(63(12,13)31-30-62(50,10)11)37-53(52)66(54(33-38)56(43)65)39-20-23-45-48(34-39)60(6,7)28-26-58(45,2)3/h16-25,32-37H,26-31H2,1-15H3. The first kappa shape index (κ1) is 43.3. The predicted molar refractivity (Wildman–Crippen MR) is 288 cm³/mol. The van der Waals surface area contributed by atoms with Crippen molar-refractivity contribution in [1.82, 2.24) is 0 Å². The van der Waals surface area contributed by atoms with Crippen LogP contribution in [0, 0.1) is 6.92 Å². The van der Waals surface area contributed by atoms with Gasteiger partial charge in [0.15, 0.2) is 0 Å². The molecule has 3 heteroatoms. The van der Waals surface area contributed by atoms with Gasteiger partial charge in [-0.25, -0.2) is 0 Å². The Bertz CT molecular complexity index is 3150. The maximum atomic E-state index is 2.87. The lowest BCUT2D eigenvalue weighted by Crippen LogP contribution is -2.62. The Morgan fingerprint density at radius 2 is 0.896 bits per heavy atom.